The summed E-state index contributed by atoms with van der Waals surface area (Å²) >= 11 is 0. The fourth-order valence-electron chi connectivity index (χ4n) is 3.30. The van der Waals surface area contributed by atoms with Gasteiger partial charge >= 0.3 is 12.1 Å². The minimum absolute atomic E-state index is 0.0930. The first-order valence-electron chi connectivity index (χ1n) is 9.55. The predicted octanol–water partition coefficient (Wildman–Crippen LogP) is 1.62. The quantitative estimate of drug-likeness (QED) is 0.482. The predicted molar refractivity (Wildman–Crippen MR) is 113 cm³/mol. The number of carbonyl (C=O) groups is 2. The average molecular weight is 411 g/mol. The highest BCUT2D eigenvalue weighted by Crippen LogP contribution is 2.20. The summed E-state index contributed by atoms with van der Waals surface area (Å²) in [5.74, 6) is -1.24. The number of rotatable bonds is 6. The molecule has 9 heteroatoms. The van der Waals surface area contributed by atoms with E-state index in [1.807, 2.05) is 36.4 Å². The molecule has 1 aliphatic heterocycles. The molecule has 1 aliphatic rings. The maximum absolute atomic E-state index is 11.4. The molecule has 5 N–H and O–H groups in total. The Balaban J connectivity index is 1.51. The fraction of sp³-hybridized carbons (Fsp3) is 0.286. The maximum Gasteiger partial charge on any atom is 0.437 e. The Morgan fingerprint density at radius 1 is 1.00 bits per heavy atom. The molecule has 0 aliphatic carbocycles. The third-order valence-corrected chi connectivity index (χ3v) is 4.84. The topological polar surface area (TPSA) is 134 Å². The molecule has 0 spiro atoms. The van der Waals surface area contributed by atoms with Gasteiger partial charge in [0.25, 0.3) is 0 Å². The summed E-state index contributed by atoms with van der Waals surface area (Å²) in [6.45, 7) is 4.40. The number of anilines is 1. The molecule has 0 unspecified atom stereocenters. The molecule has 30 heavy (non-hydrogen) atoms. The van der Waals surface area contributed by atoms with E-state index in [-0.39, 0.29) is 12.6 Å². The van der Waals surface area contributed by atoms with Gasteiger partial charge in [0.1, 0.15) is 6.61 Å². The van der Waals surface area contributed by atoms with Gasteiger partial charge in [0.2, 0.25) is 0 Å². The largest absolute Gasteiger partial charge is 0.478 e. The number of piperazine rings is 1. The minimum Gasteiger partial charge on any atom is -0.478 e. The lowest BCUT2D eigenvalue weighted by Gasteiger charge is -2.36. The number of amides is 1. The molecule has 2 aromatic carbocycles. The molecule has 2 aromatic rings. The Morgan fingerprint density at radius 2 is 1.70 bits per heavy atom. The van der Waals surface area contributed by atoms with Crippen molar-refractivity contribution in [3.05, 3.63) is 65.2 Å². The lowest BCUT2D eigenvalue weighted by atomic mass is 10.1. The summed E-state index contributed by atoms with van der Waals surface area (Å²) in [5, 5.41) is 8.99. The first-order valence-corrected chi connectivity index (χ1v) is 9.55. The van der Waals surface area contributed by atoms with Crippen molar-refractivity contribution in [2.45, 2.75) is 13.2 Å². The molecule has 0 saturated carbocycles. The summed E-state index contributed by atoms with van der Waals surface area (Å²) < 4.78 is 5.04. The number of carbonyl (C=O) groups excluding carboxylic acids is 1. The molecule has 1 saturated heterocycles. The van der Waals surface area contributed by atoms with Crippen LogP contribution in [0, 0.1) is 0 Å². The number of carboxylic acids is 1. The SMILES string of the molecule is NC(N)=NC(=O)OCc1cccc(N2CCN(Cc3ccc(C(=O)O)cc3)CC2)c1. The first-order chi connectivity index (χ1) is 14.4. The number of nitrogens with two attached hydrogens (primary N) is 2. The summed E-state index contributed by atoms with van der Waals surface area (Å²) in [5.41, 5.74) is 13.6. The Kier molecular flexibility index (Phi) is 6.87. The second-order valence-corrected chi connectivity index (χ2v) is 7.03. The lowest BCUT2D eigenvalue weighted by Crippen LogP contribution is -2.46. The van der Waals surface area contributed by atoms with E-state index in [0.29, 0.717) is 5.56 Å². The number of nitrogens with zero attached hydrogens (tertiary/aromatic N) is 3. The number of hydrogen-bond acceptors (Lipinski definition) is 5. The first kappa shape index (κ1) is 21.1. The molecular formula is C21H25N5O4. The van der Waals surface area contributed by atoms with Gasteiger partial charge < -0.3 is 26.2 Å². The molecule has 1 heterocycles. The van der Waals surface area contributed by atoms with Crippen molar-refractivity contribution >= 4 is 23.7 Å². The van der Waals surface area contributed by atoms with Crippen molar-refractivity contribution in [2.75, 3.05) is 31.1 Å². The van der Waals surface area contributed by atoms with Crippen molar-refractivity contribution < 1.29 is 19.4 Å². The molecule has 158 valence electrons. The van der Waals surface area contributed by atoms with E-state index in [1.54, 1.807) is 12.1 Å². The zero-order valence-corrected chi connectivity index (χ0v) is 16.5. The van der Waals surface area contributed by atoms with Crippen LogP contribution in [0.4, 0.5) is 10.5 Å². The Morgan fingerprint density at radius 3 is 2.33 bits per heavy atom. The van der Waals surface area contributed by atoms with E-state index in [0.717, 1.165) is 49.5 Å². The van der Waals surface area contributed by atoms with Crippen LogP contribution in [0.3, 0.4) is 0 Å². The third-order valence-electron chi connectivity index (χ3n) is 4.84. The zero-order valence-electron chi connectivity index (χ0n) is 16.5. The van der Waals surface area contributed by atoms with Crippen molar-refractivity contribution in [3.63, 3.8) is 0 Å². The van der Waals surface area contributed by atoms with Crippen LogP contribution in [0.1, 0.15) is 21.5 Å². The summed E-state index contributed by atoms with van der Waals surface area (Å²) in [6.07, 6.45) is -0.814. The highest BCUT2D eigenvalue weighted by atomic mass is 16.5. The molecule has 0 bridgehead atoms. The Bertz CT molecular complexity index is 917. The van der Waals surface area contributed by atoms with Crippen LogP contribution in [0.15, 0.2) is 53.5 Å². The number of aromatic carboxylic acids is 1. The number of aliphatic imine (C=N–C) groups is 1. The van der Waals surface area contributed by atoms with Gasteiger partial charge in [0.05, 0.1) is 5.56 Å². The van der Waals surface area contributed by atoms with Gasteiger partial charge in [-0.25, -0.2) is 9.59 Å². The van der Waals surface area contributed by atoms with Gasteiger partial charge in [0, 0.05) is 38.4 Å². The summed E-state index contributed by atoms with van der Waals surface area (Å²) in [6, 6.07) is 14.8. The second-order valence-electron chi connectivity index (χ2n) is 7.03. The molecule has 9 nitrogen and oxygen atoms in total. The van der Waals surface area contributed by atoms with Gasteiger partial charge in [-0.3, -0.25) is 4.90 Å². The van der Waals surface area contributed by atoms with Gasteiger partial charge in [-0.15, -0.1) is 4.99 Å². The van der Waals surface area contributed by atoms with Crippen molar-refractivity contribution in [1.29, 1.82) is 0 Å². The van der Waals surface area contributed by atoms with E-state index in [1.165, 1.54) is 0 Å². The van der Waals surface area contributed by atoms with Crippen LogP contribution >= 0.6 is 0 Å². The van der Waals surface area contributed by atoms with Crippen LogP contribution in [0.2, 0.25) is 0 Å². The van der Waals surface area contributed by atoms with Crippen LogP contribution in [-0.4, -0.2) is 54.2 Å². The van der Waals surface area contributed by atoms with Crippen LogP contribution in [-0.2, 0) is 17.9 Å². The zero-order chi connectivity index (χ0) is 21.5. The number of ether oxygens (including phenoxy) is 1. The average Bonchev–Trinajstić information content (AvgIpc) is 2.73. The van der Waals surface area contributed by atoms with E-state index < -0.39 is 12.1 Å². The number of benzene rings is 2. The van der Waals surface area contributed by atoms with Crippen LogP contribution < -0.4 is 16.4 Å². The fourth-order valence-corrected chi connectivity index (χ4v) is 3.30. The van der Waals surface area contributed by atoms with E-state index in [4.69, 9.17) is 21.3 Å². The number of carboxylic acid groups (broad SMARTS) is 1. The van der Waals surface area contributed by atoms with Crippen molar-refractivity contribution in [1.82, 2.24) is 4.90 Å². The standard InChI is InChI=1S/C21H25N5O4/c22-20(23)24-21(29)30-14-16-2-1-3-18(12-16)26-10-8-25(9-11-26)13-15-4-6-17(7-5-15)19(27)28/h1-7,12H,8-11,13-14H2,(H,27,28)(H4,22,23,24,29). The second kappa shape index (κ2) is 9.75. The summed E-state index contributed by atoms with van der Waals surface area (Å²) in [4.78, 5) is 30.3. The highest BCUT2D eigenvalue weighted by molar-refractivity contribution is 5.88. The molecular weight excluding hydrogens is 386 g/mol. The van der Waals surface area contributed by atoms with Gasteiger partial charge in [-0.1, -0.05) is 24.3 Å². The normalized spacial score (nSPS) is 14.2. The number of hydrogen-bond donors (Lipinski definition) is 3. The lowest BCUT2D eigenvalue weighted by molar-refractivity contribution is 0.0696. The van der Waals surface area contributed by atoms with E-state index >= 15 is 0 Å². The minimum atomic E-state index is -0.914. The van der Waals surface area contributed by atoms with Crippen molar-refractivity contribution in [3.8, 4) is 0 Å². The van der Waals surface area contributed by atoms with Gasteiger partial charge in [-0.2, -0.15) is 0 Å². The van der Waals surface area contributed by atoms with Crippen LogP contribution in [0.25, 0.3) is 0 Å². The molecule has 0 atom stereocenters. The Labute approximate surface area is 174 Å². The van der Waals surface area contributed by atoms with E-state index in [2.05, 4.69) is 14.8 Å². The third kappa shape index (κ3) is 5.95. The van der Waals surface area contributed by atoms with Gasteiger partial charge in [-0.05, 0) is 35.4 Å². The molecule has 0 radical (unpaired) electrons. The highest BCUT2D eigenvalue weighted by Gasteiger charge is 2.18. The Hall–Kier alpha value is -3.59. The van der Waals surface area contributed by atoms with E-state index in [9.17, 15) is 9.59 Å². The van der Waals surface area contributed by atoms with Crippen molar-refractivity contribution in [2.24, 2.45) is 16.5 Å². The number of guanidine groups is 1. The molecule has 3 rings (SSSR count). The maximum atomic E-state index is 11.4. The van der Waals surface area contributed by atoms with Crippen LogP contribution in [0.5, 0.6) is 0 Å². The molecule has 0 aromatic heterocycles. The molecule has 1 amide bonds. The smallest absolute Gasteiger partial charge is 0.437 e. The monoisotopic (exact) mass is 411 g/mol. The van der Waals surface area contributed by atoms with Gasteiger partial charge in [0.15, 0.2) is 5.96 Å². The molecule has 1 fully saturated rings. The summed E-state index contributed by atoms with van der Waals surface area (Å²) in [7, 11) is 0.